The molecule has 0 radical (unpaired) electrons. The van der Waals surface area contributed by atoms with Crippen LogP contribution in [0.4, 0.5) is 11.4 Å². The summed E-state index contributed by atoms with van der Waals surface area (Å²) in [5.41, 5.74) is 2.03. The highest BCUT2D eigenvalue weighted by atomic mass is 16.6. The number of non-ortho nitro benzene ring substituents is 1. The van der Waals surface area contributed by atoms with E-state index in [0.717, 1.165) is 43.2 Å². The van der Waals surface area contributed by atoms with Crippen LogP contribution in [0.2, 0.25) is 0 Å². The standard InChI is InChI=1S/C18H20N4O3/c1-25-18-5-3-2-4-17(18)20-10-12-21(13-11-20)19-14-15-6-8-16(9-7-15)22(23)24/h2-9,14H,10-13H2,1H3/b19-14-. The molecule has 0 unspecified atom stereocenters. The Labute approximate surface area is 146 Å². The number of nitro groups is 1. The van der Waals surface area contributed by atoms with Crippen LogP contribution in [0.25, 0.3) is 0 Å². The predicted octanol–water partition coefficient (Wildman–Crippen LogP) is 2.76. The van der Waals surface area contributed by atoms with Crippen molar-refractivity contribution in [1.29, 1.82) is 0 Å². The van der Waals surface area contributed by atoms with E-state index in [1.54, 1.807) is 25.5 Å². The first-order valence-corrected chi connectivity index (χ1v) is 8.09. The maximum Gasteiger partial charge on any atom is 0.269 e. The molecule has 0 aliphatic carbocycles. The van der Waals surface area contributed by atoms with Crippen molar-refractivity contribution in [2.24, 2.45) is 5.10 Å². The van der Waals surface area contributed by atoms with E-state index in [1.807, 2.05) is 23.2 Å². The Morgan fingerprint density at radius 3 is 2.40 bits per heavy atom. The van der Waals surface area contributed by atoms with Crippen LogP contribution in [0.3, 0.4) is 0 Å². The zero-order chi connectivity index (χ0) is 17.6. The van der Waals surface area contributed by atoms with Crippen molar-refractivity contribution < 1.29 is 9.66 Å². The molecule has 2 aromatic rings. The molecule has 0 bridgehead atoms. The molecular weight excluding hydrogens is 320 g/mol. The number of anilines is 1. The first-order chi connectivity index (χ1) is 12.2. The molecule has 0 atom stereocenters. The van der Waals surface area contributed by atoms with Crippen LogP contribution in [-0.4, -0.2) is 49.4 Å². The van der Waals surface area contributed by atoms with Gasteiger partial charge in [0.25, 0.3) is 5.69 Å². The van der Waals surface area contributed by atoms with Crippen LogP contribution in [0.1, 0.15) is 5.56 Å². The molecule has 1 saturated heterocycles. The van der Waals surface area contributed by atoms with Gasteiger partial charge in [-0.05, 0) is 29.8 Å². The number of para-hydroxylation sites is 2. The number of nitro benzene ring substituents is 1. The molecular formula is C18H20N4O3. The molecule has 1 fully saturated rings. The topological polar surface area (TPSA) is 71.2 Å². The fraction of sp³-hybridized carbons (Fsp3) is 0.278. The summed E-state index contributed by atoms with van der Waals surface area (Å²) in [6.07, 6.45) is 1.74. The number of hydrazone groups is 1. The van der Waals surface area contributed by atoms with Gasteiger partial charge in [0, 0.05) is 25.2 Å². The van der Waals surface area contributed by atoms with E-state index >= 15 is 0 Å². The van der Waals surface area contributed by atoms with Crippen LogP contribution >= 0.6 is 0 Å². The SMILES string of the molecule is COc1ccccc1N1CCN(/N=C\c2ccc([N+](=O)[O-])cc2)CC1. The Kier molecular flexibility index (Phi) is 5.13. The lowest BCUT2D eigenvalue weighted by molar-refractivity contribution is -0.384. The van der Waals surface area contributed by atoms with Crippen LogP contribution in [0.5, 0.6) is 5.75 Å². The molecule has 0 saturated carbocycles. The second-order valence-corrected chi connectivity index (χ2v) is 5.71. The molecule has 130 valence electrons. The lowest BCUT2D eigenvalue weighted by atomic mass is 10.2. The van der Waals surface area contributed by atoms with Gasteiger partial charge in [-0.25, -0.2) is 0 Å². The predicted molar refractivity (Wildman–Crippen MR) is 97.5 cm³/mol. The van der Waals surface area contributed by atoms with Crippen LogP contribution in [0, 0.1) is 10.1 Å². The molecule has 7 heteroatoms. The Bertz CT molecular complexity index is 753. The Morgan fingerprint density at radius 1 is 1.08 bits per heavy atom. The molecule has 0 aromatic heterocycles. The maximum atomic E-state index is 10.7. The largest absolute Gasteiger partial charge is 0.495 e. The molecule has 1 aliphatic heterocycles. The number of benzene rings is 2. The van der Waals surface area contributed by atoms with Crippen molar-refractivity contribution in [3.63, 3.8) is 0 Å². The number of nitrogens with zero attached hydrogens (tertiary/aromatic N) is 4. The summed E-state index contributed by atoms with van der Waals surface area (Å²) in [7, 11) is 1.68. The van der Waals surface area contributed by atoms with Gasteiger partial charge in [0.05, 0.1) is 37.0 Å². The summed E-state index contributed by atoms with van der Waals surface area (Å²) in [5, 5.41) is 17.1. The van der Waals surface area contributed by atoms with E-state index in [1.165, 1.54) is 12.1 Å². The second-order valence-electron chi connectivity index (χ2n) is 5.71. The normalized spacial score (nSPS) is 14.8. The number of piperazine rings is 1. The smallest absolute Gasteiger partial charge is 0.269 e. The highest BCUT2D eigenvalue weighted by molar-refractivity contribution is 5.79. The van der Waals surface area contributed by atoms with E-state index in [9.17, 15) is 10.1 Å². The molecule has 1 aliphatic rings. The average Bonchev–Trinajstić information content (AvgIpc) is 2.67. The average molecular weight is 340 g/mol. The number of rotatable bonds is 5. The van der Waals surface area contributed by atoms with Gasteiger partial charge in [-0.1, -0.05) is 12.1 Å². The summed E-state index contributed by atoms with van der Waals surface area (Å²) >= 11 is 0. The van der Waals surface area contributed by atoms with Gasteiger partial charge in [0.2, 0.25) is 0 Å². The van der Waals surface area contributed by atoms with Crippen molar-refractivity contribution in [2.75, 3.05) is 38.2 Å². The van der Waals surface area contributed by atoms with Gasteiger partial charge in [-0.15, -0.1) is 0 Å². The zero-order valence-corrected chi connectivity index (χ0v) is 14.0. The third-order valence-electron chi connectivity index (χ3n) is 4.16. The highest BCUT2D eigenvalue weighted by Crippen LogP contribution is 2.28. The summed E-state index contributed by atoms with van der Waals surface area (Å²) in [5.74, 6) is 0.880. The monoisotopic (exact) mass is 340 g/mol. The van der Waals surface area contributed by atoms with Crippen molar-refractivity contribution in [2.45, 2.75) is 0 Å². The van der Waals surface area contributed by atoms with E-state index in [0.29, 0.717) is 0 Å². The minimum Gasteiger partial charge on any atom is -0.495 e. The first kappa shape index (κ1) is 16.8. The van der Waals surface area contributed by atoms with E-state index in [4.69, 9.17) is 4.74 Å². The summed E-state index contributed by atoms with van der Waals surface area (Å²) in [4.78, 5) is 12.5. The van der Waals surface area contributed by atoms with Gasteiger partial charge < -0.3 is 9.64 Å². The van der Waals surface area contributed by atoms with E-state index in [-0.39, 0.29) is 5.69 Å². The Morgan fingerprint density at radius 2 is 1.76 bits per heavy atom. The van der Waals surface area contributed by atoms with Crippen molar-refractivity contribution >= 4 is 17.6 Å². The second kappa shape index (κ2) is 7.65. The lowest BCUT2D eigenvalue weighted by Crippen LogP contribution is -2.44. The zero-order valence-electron chi connectivity index (χ0n) is 14.0. The highest BCUT2D eigenvalue weighted by Gasteiger charge is 2.18. The fourth-order valence-electron chi connectivity index (χ4n) is 2.77. The van der Waals surface area contributed by atoms with Crippen molar-refractivity contribution in [1.82, 2.24) is 5.01 Å². The third kappa shape index (κ3) is 4.06. The van der Waals surface area contributed by atoms with E-state index < -0.39 is 4.92 Å². The van der Waals surface area contributed by atoms with Gasteiger partial charge in [0.15, 0.2) is 0 Å². The van der Waals surface area contributed by atoms with Gasteiger partial charge in [0.1, 0.15) is 5.75 Å². The van der Waals surface area contributed by atoms with Crippen molar-refractivity contribution in [3.8, 4) is 5.75 Å². The summed E-state index contributed by atoms with van der Waals surface area (Å²) in [6, 6.07) is 14.4. The Hall–Kier alpha value is -3.09. The van der Waals surface area contributed by atoms with Crippen molar-refractivity contribution in [3.05, 3.63) is 64.2 Å². The third-order valence-corrected chi connectivity index (χ3v) is 4.16. The Balaban J connectivity index is 1.58. The minimum atomic E-state index is -0.405. The summed E-state index contributed by atoms with van der Waals surface area (Å²) in [6.45, 7) is 3.33. The summed E-state index contributed by atoms with van der Waals surface area (Å²) < 4.78 is 5.42. The fourth-order valence-corrected chi connectivity index (χ4v) is 2.77. The van der Waals surface area contributed by atoms with Gasteiger partial charge >= 0.3 is 0 Å². The molecule has 7 nitrogen and oxygen atoms in total. The maximum absolute atomic E-state index is 10.7. The van der Waals surface area contributed by atoms with Crippen LogP contribution in [-0.2, 0) is 0 Å². The molecule has 3 rings (SSSR count). The van der Waals surface area contributed by atoms with E-state index in [2.05, 4.69) is 16.1 Å². The number of hydrogen-bond donors (Lipinski definition) is 0. The lowest BCUT2D eigenvalue weighted by Gasteiger charge is -2.35. The molecule has 2 aromatic carbocycles. The molecule has 0 amide bonds. The molecule has 0 N–H and O–H groups in total. The van der Waals surface area contributed by atoms with Crippen LogP contribution < -0.4 is 9.64 Å². The first-order valence-electron chi connectivity index (χ1n) is 8.09. The van der Waals surface area contributed by atoms with Gasteiger partial charge in [-0.2, -0.15) is 5.10 Å². The number of ether oxygens (including phenoxy) is 1. The quantitative estimate of drug-likeness (QED) is 0.475. The minimum absolute atomic E-state index is 0.0857. The molecule has 1 heterocycles. The molecule has 0 spiro atoms. The number of methoxy groups -OCH3 is 1. The molecule has 25 heavy (non-hydrogen) atoms. The van der Waals surface area contributed by atoms with Gasteiger partial charge in [-0.3, -0.25) is 15.1 Å². The van der Waals surface area contributed by atoms with Crippen LogP contribution in [0.15, 0.2) is 53.6 Å². The number of hydrogen-bond acceptors (Lipinski definition) is 6.